The Morgan fingerprint density at radius 2 is 2.19 bits per heavy atom. The molecule has 0 bridgehead atoms. The molecule has 1 amide bonds. The van der Waals surface area contributed by atoms with E-state index in [0.717, 1.165) is 16.3 Å². The third-order valence-corrected chi connectivity index (χ3v) is 5.09. The van der Waals surface area contributed by atoms with Crippen molar-refractivity contribution in [2.75, 3.05) is 12.3 Å². The van der Waals surface area contributed by atoms with E-state index in [-0.39, 0.29) is 5.91 Å². The van der Waals surface area contributed by atoms with E-state index in [4.69, 9.17) is 5.73 Å². The lowest BCUT2D eigenvalue weighted by molar-refractivity contribution is -0.123. The Labute approximate surface area is 132 Å². The highest BCUT2D eigenvalue weighted by Gasteiger charge is 2.38. The van der Waals surface area contributed by atoms with Crippen molar-refractivity contribution in [3.8, 4) is 0 Å². The van der Waals surface area contributed by atoms with Gasteiger partial charge in [0, 0.05) is 5.75 Å². The van der Waals surface area contributed by atoms with E-state index < -0.39 is 5.54 Å². The molecule has 3 N–H and O–H groups in total. The normalized spacial score (nSPS) is 13.8. The lowest BCUT2D eigenvalue weighted by Crippen LogP contribution is -2.54. The van der Waals surface area contributed by atoms with Crippen LogP contribution < -0.4 is 11.1 Å². The van der Waals surface area contributed by atoms with E-state index in [1.807, 2.05) is 30.3 Å². The number of nitrogens with one attached hydrogen (secondary N) is 1. The number of nitrogens with zero attached hydrogens (tertiary/aromatic N) is 2. The van der Waals surface area contributed by atoms with Gasteiger partial charge in [-0.1, -0.05) is 49.0 Å². The lowest BCUT2D eigenvalue weighted by Gasteiger charge is -2.31. The molecule has 112 valence electrons. The molecule has 0 radical (unpaired) electrons. The first kappa shape index (κ1) is 15.9. The summed E-state index contributed by atoms with van der Waals surface area (Å²) < 4.78 is 4.80. The number of amides is 1. The van der Waals surface area contributed by atoms with E-state index in [1.54, 1.807) is 0 Å². The number of hydrogen-bond acceptors (Lipinski definition) is 6. The molecule has 0 spiro atoms. The molecule has 0 aliphatic carbocycles. The largest absolute Gasteiger partial charge is 0.368 e. The van der Waals surface area contributed by atoms with Crippen molar-refractivity contribution in [1.82, 2.24) is 14.7 Å². The van der Waals surface area contributed by atoms with Gasteiger partial charge in [-0.2, -0.15) is 4.37 Å². The van der Waals surface area contributed by atoms with E-state index in [0.29, 0.717) is 12.3 Å². The molecule has 1 atom stereocenters. The zero-order valence-corrected chi connectivity index (χ0v) is 13.4. The number of carbonyl (C=O) groups is 1. The zero-order valence-electron chi connectivity index (χ0n) is 11.8. The van der Waals surface area contributed by atoms with Gasteiger partial charge in [0.2, 0.25) is 5.91 Å². The fourth-order valence-corrected chi connectivity index (χ4v) is 3.66. The average molecular weight is 322 g/mol. The average Bonchev–Trinajstić information content (AvgIpc) is 3.02. The predicted molar refractivity (Wildman–Crippen MR) is 86.2 cm³/mol. The van der Waals surface area contributed by atoms with Crippen LogP contribution in [-0.4, -0.2) is 27.6 Å². The van der Waals surface area contributed by atoms with Crippen LogP contribution in [0.4, 0.5) is 0 Å². The minimum absolute atomic E-state index is 0.376. The summed E-state index contributed by atoms with van der Waals surface area (Å²) in [6, 6.07) is 9.60. The van der Waals surface area contributed by atoms with Crippen LogP contribution in [0.2, 0.25) is 0 Å². The maximum Gasteiger partial charge on any atom is 0.243 e. The van der Waals surface area contributed by atoms with Gasteiger partial charge in [0.1, 0.15) is 11.9 Å². The predicted octanol–water partition coefficient (Wildman–Crippen LogP) is 2.01. The minimum atomic E-state index is -0.895. The molecule has 21 heavy (non-hydrogen) atoms. The number of thioether (sulfide) groups is 1. The van der Waals surface area contributed by atoms with Gasteiger partial charge >= 0.3 is 0 Å². The van der Waals surface area contributed by atoms with Gasteiger partial charge in [-0.15, -0.1) is 0 Å². The number of rotatable bonds is 8. The van der Waals surface area contributed by atoms with Gasteiger partial charge in [-0.3, -0.25) is 10.1 Å². The van der Waals surface area contributed by atoms with Crippen molar-refractivity contribution in [3.63, 3.8) is 0 Å². The highest BCUT2D eigenvalue weighted by atomic mass is 32.2. The third kappa shape index (κ3) is 3.81. The molecule has 2 aromatic rings. The second-order valence-electron chi connectivity index (χ2n) is 4.56. The molecule has 0 aliphatic rings. The lowest BCUT2D eigenvalue weighted by atomic mass is 9.91. The van der Waals surface area contributed by atoms with Gasteiger partial charge in [0.15, 0.2) is 4.34 Å². The summed E-state index contributed by atoms with van der Waals surface area (Å²) in [6.07, 6.45) is 2.44. The van der Waals surface area contributed by atoms with E-state index in [2.05, 4.69) is 21.6 Å². The first-order chi connectivity index (χ1) is 10.2. The maximum atomic E-state index is 12.2. The second kappa shape index (κ2) is 7.53. The third-order valence-electron chi connectivity index (χ3n) is 3.12. The molecule has 1 aromatic heterocycles. The van der Waals surface area contributed by atoms with Crippen LogP contribution in [0.25, 0.3) is 0 Å². The molecule has 0 saturated carbocycles. The Morgan fingerprint density at radius 3 is 2.76 bits per heavy atom. The van der Waals surface area contributed by atoms with Crippen LogP contribution in [0, 0.1) is 0 Å². The van der Waals surface area contributed by atoms with Gasteiger partial charge in [0.05, 0.1) is 0 Å². The smallest absolute Gasteiger partial charge is 0.243 e. The number of carbonyl (C=O) groups excluding carboxylic acids is 1. The molecule has 0 fully saturated rings. The van der Waals surface area contributed by atoms with Gasteiger partial charge < -0.3 is 5.73 Å². The van der Waals surface area contributed by atoms with Crippen LogP contribution in [0.1, 0.15) is 18.9 Å². The molecule has 1 unspecified atom stereocenters. The van der Waals surface area contributed by atoms with Gasteiger partial charge in [-0.25, -0.2) is 4.98 Å². The van der Waals surface area contributed by atoms with Crippen LogP contribution >= 0.6 is 23.3 Å². The molecule has 1 aromatic carbocycles. The number of primary amides is 1. The molecule has 0 saturated heterocycles. The Bertz CT molecular complexity index is 562. The number of aromatic nitrogens is 2. The summed E-state index contributed by atoms with van der Waals surface area (Å²) in [5.74, 6) is 0.112. The van der Waals surface area contributed by atoms with E-state index in [9.17, 15) is 4.79 Å². The SMILES string of the molecule is CCCNC(CSc1ncns1)(C(N)=O)c1ccccc1. The van der Waals surface area contributed by atoms with Crippen molar-refractivity contribution in [3.05, 3.63) is 42.2 Å². The summed E-state index contributed by atoms with van der Waals surface area (Å²) in [4.78, 5) is 16.3. The quantitative estimate of drug-likeness (QED) is 0.727. The second-order valence-corrected chi connectivity index (χ2v) is 6.56. The summed E-state index contributed by atoms with van der Waals surface area (Å²) >= 11 is 2.81. The minimum Gasteiger partial charge on any atom is -0.368 e. The van der Waals surface area contributed by atoms with Crippen molar-refractivity contribution in [1.29, 1.82) is 0 Å². The molecular formula is C14H18N4OS2. The van der Waals surface area contributed by atoms with Crippen molar-refractivity contribution in [2.24, 2.45) is 5.73 Å². The topological polar surface area (TPSA) is 80.9 Å². The van der Waals surface area contributed by atoms with Crippen LogP contribution in [-0.2, 0) is 10.3 Å². The summed E-state index contributed by atoms with van der Waals surface area (Å²) in [7, 11) is 0. The fourth-order valence-electron chi connectivity index (χ4n) is 1.99. The molecule has 1 heterocycles. The first-order valence-electron chi connectivity index (χ1n) is 6.69. The Hall–Kier alpha value is -1.44. The number of nitrogens with two attached hydrogens (primary N) is 1. The summed E-state index contributed by atoms with van der Waals surface area (Å²) in [5.41, 5.74) is 5.72. The Balaban J connectivity index is 2.28. The highest BCUT2D eigenvalue weighted by Crippen LogP contribution is 2.30. The Kier molecular flexibility index (Phi) is 5.72. The summed E-state index contributed by atoms with van der Waals surface area (Å²) in [5, 5.41) is 3.32. The van der Waals surface area contributed by atoms with Crippen LogP contribution in [0.5, 0.6) is 0 Å². The first-order valence-corrected chi connectivity index (χ1v) is 8.45. The van der Waals surface area contributed by atoms with Gasteiger partial charge in [0.25, 0.3) is 0 Å². The highest BCUT2D eigenvalue weighted by molar-refractivity contribution is 8.01. The molecule has 5 nitrogen and oxygen atoms in total. The van der Waals surface area contributed by atoms with Gasteiger partial charge in [-0.05, 0) is 30.1 Å². The fraction of sp³-hybridized carbons (Fsp3) is 0.357. The van der Waals surface area contributed by atoms with Crippen LogP contribution in [0.15, 0.2) is 41.0 Å². The van der Waals surface area contributed by atoms with Crippen molar-refractivity contribution >= 4 is 29.2 Å². The van der Waals surface area contributed by atoms with E-state index in [1.165, 1.54) is 29.6 Å². The monoisotopic (exact) mass is 322 g/mol. The van der Waals surface area contributed by atoms with Crippen LogP contribution in [0.3, 0.4) is 0 Å². The van der Waals surface area contributed by atoms with E-state index >= 15 is 0 Å². The van der Waals surface area contributed by atoms with Crippen molar-refractivity contribution < 1.29 is 4.79 Å². The summed E-state index contributed by atoms with van der Waals surface area (Å²) in [6.45, 7) is 2.77. The number of benzene rings is 1. The van der Waals surface area contributed by atoms with Crippen molar-refractivity contribution in [2.45, 2.75) is 23.2 Å². The maximum absolute atomic E-state index is 12.2. The Morgan fingerprint density at radius 1 is 1.43 bits per heavy atom. The molecule has 7 heteroatoms. The number of hydrogen-bond donors (Lipinski definition) is 2. The standard InChI is InChI=1S/C14H18N4OS2/c1-2-8-17-14(12(15)19,11-6-4-3-5-7-11)9-20-13-16-10-18-21-13/h3-7,10,17H,2,8-9H2,1H3,(H2,15,19). The zero-order chi connectivity index (χ0) is 15.1. The molecular weight excluding hydrogens is 304 g/mol. The molecule has 0 aliphatic heterocycles. The molecule has 2 rings (SSSR count).